The number of hydrogen-bond donors (Lipinski definition) is 1. The van der Waals surface area contributed by atoms with Crippen LogP contribution in [0.4, 0.5) is 0 Å². The molecule has 1 aromatic heterocycles. The summed E-state index contributed by atoms with van der Waals surface area (Å²) in [5.74, 6) is 1.87. The van der Waals surface area contributed by atoms with Gasteiger partial charge >= 0.3 is 0 Å². The van der Waals surface area contributed by atoms with Gasteiger partial charge in [0.05, 0.1) is 24.6 Å². The maximum absolute atomic E-state index is 6.36. The largest absolute Gasteiger partial charge is 0.496 e. The second-order valence-corrected chi connectivity index (χ2v) is 5.60. The van der Waals surface area contributed by atoms with Crippen molar-refractivity contribution < 1.29 is 9.47 Å². The van der Waals surface area contributed by atoms with Gasteiger partial charge in [-0.05, 0) is 41.5 Å². The van der Waals surface area contributed by atoms with Crippen LogP contribution >= 0.6 is 11.3 Å². The lowest BCUT2D eigenvalue weighted by Gasteiger charge is -2.20. The summed E-state index contributed by atoms with van der Waals surface area (Å²) in [6.07, 6.45) is 2.14. The van der Waals surface area contributed by atoms with E-state index in [-0.39, 0.29) is 6.04 Å². The molecule has 1 aliphatic heterocycles. The average Bonchev–Trinajstić information content (AvgIpc) is 2.94. The topological polar surface area (TPSA) is 44.5 Å². The number of benzene rings is 1. The van der Waals surface area contributed by atoms with Gasteiger partial charge in [-0.25, -0.2) is 0 Å². The van der Waals surface area contributed by atoms with Crippen LogP contribution in [0.1, 0.15) is 28.5 Å². The minimum atomic E-state index is -0.137. The van der Waals surface area contributed by atoms with Gasteiger partial charge in [0.2, 0.25) is 0 Å². The number of thiophene rings is 1. The molecule has 0 bridgehead atoms. The summed E-state index contributed by atoms with van der Waals surface area (Å²) in [7, 11) is 1.68. The van der Waals surface area contributed by atoms with E-state index in [9.17, 15) is 0 Å². The summed E-state index contributed by atoms with van der Waals surface area (Å²) in [4.78, 5) is 1.07. The van der Waals surface area contributed by atoms with Crippen LogP contribution in [0.2, 0.25) is 0 Å². The summed E-state index contributed by atoms with van der Waals surface area (Å²) in [5, 5.41) is 2.01. The van der Waals surface area contributed by atoms with E-state index in [0.29, 0.717) is 0 Å². The quantitative estimate of drug-likeness (QED) is 0.936. The highest BCUT2D eigenvalue weighted by Crippen LogP contribution is 2.35. The molecule has 3 nitrogen and oxygen atoms in total. The fraction of sp³-hybridized carbons (Fsp3) is 0.333. The van der Waals surface area contributed by atoms with Crippen molar-refractivity contribution in [1.82, 2.24) is 0 Å². The highest BCUT2D eigenvalue weighted by Gasteiger charge is 2.18. The van der Waals surface area contributed by atoms with Gasteiger partial charge in [-0.3, -0.25) is 0 Å². The molecule has 0 saturated heterocycles. The Morgan fingerprint density at radius 1 is 1.37 bits per heavy atom. The van der Waals surface area contributed by atoms with Crippen LogP contribution in [0.25, 0.3) is 0 Å². The van der Waals surface area contributed by atoms with E-state index in [4.69, 9.17) is 15.2 Å². The van der Waals surface area contributed by atoms with E-state index >= 15 is 0 Å². The molecule has 100 valence electrons. The molecule has 0 spiro atoms. The van der Waals surface area contributed by atoms with Gasteiger partial charge < -0.3 is 15.2 Å². The second kappa shape index (κ2) is 5.23. The number of aryl methyl sites for hydroxylation is 1. The molecule has 0 radical (unpaired) electrons. The molecule has 19 heavy (non-hydrogen) atoms. The monoisotopic (exact) mass is 275 g/mol. The Balaban J connectivity index is 1.93. The molecule has 4 heteroatoms. The summed E-state index contributed by atoms with van der Waals surface area (Å²) >= 11 is 1.63. The Kier molecular flexibility index (Phi) is 3.44. The lowest BCUT2D eigenvalue weighted by molar-refractivity contribution is 0.288. The maximum atomic E-state index is 6.36. The van der Waals surface area contributed by atoms with Crippen LogP contribution in [0.5, 0.6) is 11.5 Å². The van der Waals surface area contributed by atoms with Crippen LogP contribution in [0.3, 0.4) is 0 Å². The fourth-order valence-corrected chi connectivity index (χ4v) is 3.32. The molecule has 0 amide bonds. The molecular weight excluding hydrogens is 258 g/mol. The van der Waals surface area contributed by atoms with Crippen molar-refractivity contribution in [3.63, 3.8) is 0 Å². The van der Waals surface area contributed by atoms with Crippen LogP contribution in [0.15, 0.2) is 29.6 Å². The summed E-state index contributed by atoms with van der Waals surface area (Å²) in [6.45, 7) is 0.817. The fourth-order valence-electron chi connectivity index (χ4n) is 2.43. The molecule has 1 unspecified atom stereocenters. The molecule has 1 atom stereocenters. The molecule has 1 aromatic carbocycles. The number of nitrogens with two attached hydrogens (primary N) is 1. The first kappa shape index (κ1) is 12.5. The highest BCUT2D eigenvalue weighted by atomic mass is 32.1. The zero-order valence-corrected chi connectivity index (χ0v) is 11.7. The third-order valence-corrected chi connectivity index (χ3v) is 4.43. The average molecular weight is 275 g/mol. The van der Waals surface area contributed by atoms with E-state index in [1.165, 1.54) is 5.56 Å². The summed E-state index contributed by atoms with van der Waals surface area (Å²) < 4.78 is 11.0. The number of methoxy groups -OCH3 is 1. The Morgan fingerprint density at radius 3 is 3.11 bits per heavy atom. The van der Waals surface area contributed by atoms with E-state index in [1.807, 2.05) is 23.6 Å². The number of ether oxygens (including phenoxy) is 2. The van der Waals surface area contributed by atoms with Crippen molar-refractivity contribution in [2.75, 3.05) is 13.7 Å². The van der Waals surface area contributed by atoms with Gasteiger partial charge in [0.15, 0.2) is 0 Å². The van der Waals surface area contributed by atoms with Crippen molar-refractivity contribution in [2.45, 2.75) is 18.9 Å². The molecule has 0 fully saturated rings. The first-order chi connectivity index (χ1) is 9.29. The lowest BCUT2D eigenvalue weighted by Crippen LogP contribution is -2.14. The SMILES string of the molecule is COc1ccsc1C(N)c1ccc2c(c1)CCCO2. The second-order valence-electron chi connectivity index (χ2n) is 4.65. The molecule has 2 heterocycles. The molecule has 3 rings (SSSR count). The number of rotatable bonds is 3. The Morgan fingerprint density at radius 2 is 2.26 bits per heavy atom. The summed E-state index contributed by atoms with van der Waals surface area (Å²) in [6, 6.07) is 8.07. The van der Waals surface area contributed by atoms with Crippen molar-refractivity contribution in [1.29, 1.82) is 0 Å². The summed E-state index contributed by atoms with van der Waals surface area (Å²) in [5.41, 5.74) is 8.73. The molecule has 2 N–H and O–H groups in total. The van der Waals surface area contributed by atoms with Gasteiger partial charge in [-0.2, -0.15) is 0 Å². The maximum Gasteiger partial charge on any atom is 0.134 e. The van der Waals surface area contributed by atoms with Crippen LogP contribution < -0.4 is 15.2 Å². The van der Waals surface area contributed by atoms with Gasteiger partial charge in [0.1, 0.15) is 11.5 Å². The Bertz CT molecular complexity index is 579. The van der Waals surface area contributed by atoms with Crippen molar-refractivity contribution in [2.24, 2.45) is 5.73 Å². The molecule has 0 saturated carbocycles. The zero-order valence-electron chi connectivity index (χ0n) is 10.9. The standard InChI is InChI=1S/C15H17NO2S/c1-17-13-6-8-19-15(13)14(16)11-4-5-12-10(9-11)3-2-7-18-12/h4-6,8-9,14H,2-3,7,16H2,1H3. The van der Waals surface area contributed by atoms with E-state index in [1.54, 1.807) is 18.4 Å². The predicted molar refractivity (Wildman–Crippen MR) is 77.2 cm³/mol. The van der Waals surface area contributed by atoms with Gasteiger partial charge in [0, 0.05) is 0 Å². The van der Waals surface area contributed by atoms with Crippen molar-refractivity contribution in [3.8, 4) is 11.5 Å². The number of hydrogen-bond acceptors (Lipinski definition) is 4. The molecule has 2 aromatic rings. The molecule has 0 aliphatic carbocycles. The minimum absolute atomic E-state index is 0.137. The number of fused-ring (bicyclic) bond motifs is 1. The Labute approximate surface area is 117 Å². The smallest absolute Gasteiger partial charge is 0.134 e. The first-order valence-corrected chi connectivity index (χ1v) is 7.30. The highest BCUT2D eigenvalue weighted by molar-refractivity contribution is 7.10. The van der Waals surface area contributed by atoms with Crippen LogP contribution in [0, 0.1) is 0 Å². The van der Waals surface area contributed by atoms with Gasteiger partial charge in [-0.15, -0.1) is 11.3 Å². The van der Waals surface area contributed by atoms with Crippen LogP contribution in [-0.2, 0) is 6.42 Å². The van der Waals surface area contributed by atoms with Crippen LogP contribution in [-0.4, -0.2) is 13.7 Å². The first-order valence-electron chi connectivity index (χ1n) is 6.42. The molecular formula is C15H17NO2S. The normalized spacial score (nSPS) is 15.5. The zero-order chi connectivity index (χ0) is 13.2. The third kappa shape index (κ3) is 2.33. The van der Waals surface area contributed by atoms with Crippen molar-refractivity contribution in [3.05, 3.63) is 45.6 Å². The Hall–Kier alpha value is -1.52. The van der Waals surface area contributed by atoms with E-state index in [0.717, 1.165) is 41.4 Å². The minimum Gasteiger partial charge on any atom is -0.496 e. The third-order valence-electron chi connectivity index (χ3n) is 3.45. The van der Waals surface area contributed by atoms with Gasteiger partial charge in [0.25, 0.3) is 0 Å². The van der Waals surface area contributed by atoms with E-state index in [2.05, 4.69) is 6.07 Å². The molecule has 1 aliphatic rings. The lowest BCUT2D eigenvalue weighted by atomic mass is 9.99. The van der Waals surface area contributed by atoms with E-state index < -0.39 is 0 Å². The predicted octanol–water partition coefficient (Wildman–Crippen LogP) is 3.13. The van der Waals surface area contributed by atoms with Crippen molar-refractivity contribution >= 4 is 11.3 Å². The van der Waals surface area contributed by atoms with Gasteiger partial charge in [-0.1, -0.05) is 12.1 Å².